The van der Waals surface area contributed by atoms with Crippen LogP contribution in [0.3, 0.4) is 0 Å². The zero-order chi connectivity index (χ0) is 18.6. The van der Waals surface area contributed by atoms with Crippen LogP contribution in [0.5, 0.6) is 0 Å². The molecule has 142 valence electrons. The van der Waals surface area contributed by atoms with Crippen LogP contribution in [0.4, 0.5) is 0 Å². The molecule has 0 radical (unpaired) electrons. The topological polar surface area (TPSA) is 61.4 Å². The van der Waals surface area contributed by atoms with E-state index in [1.54, 1.807) is 0 Å². The number of hydrogen-bond donors (Lipinski definition) is 2. The number of piperidine rings is 1. The highest BCUT2D eigenvalue weighted by Crippen LogP contribution is 2.31. The number of carbonyl (C=O) groups is 2. The van der Waals surface area contributed by atoms with Gasteiger partial charge in [0.25, 0.3) is 5.91 Å². The average Bonchev–Trinajstić information content (AvgIpc) is 2.61. The van der Waals surface area contributed by atoms with Crippen LogP contribution < -0.4 is 10.6 Å². The number of halogens is 1. The smallest absolute Gasteiger partial charge is 0.251 e. The van der Waals surface area contributed by atoms with Gasteiger partial charge in [-0.1, -0.05) is 34.1 Å². The van der Waals surface area contributed by atoms with Crippen LogP contribution >= 0.6 is 15.9 Å². The maximum atomic E-state index is 12.3. The highest BCUT2D eigenvalue weighted by atomic mass is 79.9. The second kappa shape index (κ2) is 8.53. The molecule has 0 spiro atoms. The third-order valence-electron chi connectivity index (χ3n) is 5.58. The number of nitrogens with one attached hydrogen (secondary N) is 2. The summed E-state index contributed by atoms with van der Waals surface area (Å²) in [5, 5.41) is 6.21. The minimum absolute atomic E-state index is 0.0128. The summed E-state index contributed by atoms with van der Waals surface area (Å²) in [5.74, 6) is 0.523. The monoisotopic (exact) mass is 421 g/mol. The van der Waals surface area contributed by atoms with Crippen molar-refractivity contribution < 1.29 is 9.59 Å². The van der Waals surface area contributed by atoms with Gasteiger partial charge in [-0.2, -0.15) is 0 Å². The highest BCUT2D eigenvalue weighted by molar-refractivity contribution is 9.09. The van der Waals surface area contributed by atoms with E-state index in [-0.39, 0.29) is 22.3 Å². The van der Waals surface area contributed by atoms with E-state index in [4.69, 9.17) is 0 Å². The zero-order valence-corrected chi connectivity index (χ0v) is 16.9. The molecule has 2 amide bonds. The van der Waals surface area contributed by atoms with E-state index in [9.17, 15) is 9.59 Å². The molecule has 2 unspecified atom stereocenters. The first kappa shape index (κ1) is 19.4. The van der Waals surface area contributed by atoms with Crippen molar-refractivity contribution >= 4 is 27.7 Å². The molecule has 3 rings (SSSR count). The molecule has 1 saturated heterocycles. The SMILES string of the molecule is CC1(NC(=O)CN2CCC(CNC(=O)c3ccccc3)CC2Br)CCC1. The first-order valence-corrected chi connectivity index (χ1v) is 10.4. The van der Waals surface area contributed by atoms with Gasteiger partial charge in [0.1, 0.15) is 0 Å². The van der Waals surface area contributed by atoms with Gasteiger partial charge in [0.2, 0.25) is 5.91 Å². The van der Waals surface area contributed by atoms with Gasteiger partial charge in [0.15, 0.2) is 0 Å². The molecule has 2 N–H and O–H groups in total. The summed E-state index contributed by atoms with van der Waals surface area (Å²) >= 11 is 3.72. The van der Waals surface area contributed by atoms with Crippen molar-refractivity contribution in [2.24, 2.45) is 5.92 Å². The Labute approximate surface area is 164 Å². The summed E-state index contributed by atoms with van der Waals surface area (Å²) in [6.07, 6.45) is 5.29. The lowest BCUT2D eigenvalue weighted by atomic mass is 9.78. The van der Waals surface area contributed by atoms with Gasteiger partial charge >= 0.3 is 0 Å². The quantitative estimate of drug-likeness (QED) is 0.548. The third-order valence-corrected chi connectivity index (χ3v) is 6.53. The fraction of sp³-hybridized carbons (Fsp3) is 0.600. The lowest BCUT2D eigenvalue weighted by Gasteiger charge is -2.41. The van der Waals surface area contributed by atoms with Gasteiger partial charge in [0, 0.05) is 24.2 Å². The Morgan fingerprint density at radius 1 is 1.27 bits per heavy atom. The Hall–Kier alpha value is -1.40. The number of hydrogen-bond acceptors (Lipinski definition) is 3. The standard InChI is InChI=1S/C20H28BrN3O2/c1-20(9-5-10-20)23-18(25)14-24-11-8-15(12-17(24)21)13-22-19(26)16-6-3-2-4-7-16/h2-4,6-7,15,17H,5,8-14H2,1H3,(H,22,26)(H,23,25). The van der Waals surface area contributed by atoms with Crippen molar-refractivity contribution in [2.75, 3.05) is 19.6 Å². The van der Waals surface area contributed by atoms with Crippen LogP contribution in [-0.2, 0) is 4.79 Å². The molecular formula is C20H28BrN3O2. The van der Waals surface area contributed by atoms with Crippen LogP contribution in [-0.4, -0.2) is 46.8 Å². The van der Waals surface area contributed by atoms with E-state index in [2.05, 4.69) is 38.4 Å². The molecule has 1 saturated carbocycles. The molecule has 6 heteroatoms. The molecule has 1 heterocycles. The van der Waals surface area contributed by atoms with Gasteiger partial charge in [-0.15, -0.1) is 0 Å². The molecule has 1 aromatic rings. The summed E-state index contributed by atoms with van der Waals surface area (Å²) in [5.41, 5.74) is 0.709. The van der Waals surface area contributed by atoms with Crippen molar-refractivity contribution in [3.63, 3.8) is 0 Å². The van der Waals surface area contributed by atoms with E-state index < -0.39 is 0 Å². The predicted octanol–water partition coefficient (Wildman–Crippen LogP) is 2.91. The minimum atomic E-state index is -0.0210. The van der Waals surface area contributed by atoms with Crippen LogP contribution in [0, 0.1) is 5.92 Å². The van der Waals surface area contributed by atoms with Crippen LogP contribution in [0.2, 0.25) is 0 Å². The van der Waals surface area contributed by atoms with E-state index in [0.29, 0.717) is 24.6 Å². The Morgan fingerprint density at radius 2 is 2.00 bits per heavy atom. The largest absolute Gasteiger partial charge is 0.352 e. The molecule has 0 aromatic heterocycles. The first-order chi connectivity index (χ1) is 12.5. The molecule has 1 aromatic carbocycles. The number of likely N-dealkylation sites (tertiary alicyclic amines) is 1. The van der Waals surface area contributed by atoms with Crippen molar-refractivity contribution in [3.05, 3.63) is 35.9 Å². The van der Waals surface area contributed by atoms with E-state index in [1.165, 1.54) is 6.42 Å². The zero-order valence-electron chi connectivity index (χ0n) is 15.3. The number of carbonyl (C=O) groups excluding carboxylic acids is 2. The molecule has 2 aliphatic rings. The van der Waals surface area contributed by atoms with Gasteiger partial charge in [-0.05, 0) is 57.1 Å². The number of benzene rings is 1. The Balaban J connectivity index is 1.40. The number of rotatable bonds is 6. The van der Waals surface area contributed by atoms with Crippen molar-refractivity contribution in [1.29, 1.82) is 0 Å². The maximum Gasteiger partial charge on any atom is 0.251 e. The molecule has 0 bridgehead atoms. The third kappa shape index (κ3) is 5.07. The molecule has 2 fully saturated rings. The Morgan fingerprint density at radius 3 is 2.62 bits per heavy atom. The van der Waals surface area contributed by atoms with E-state index >= 15 is 0 Å². The summed E-state index contributed by atoms with van der Waals surface area (Å²) < 4.78 is 0. The average molecular weight is 422 g/mol. The molecule has 26 heavy (non-hydrogen) atoms. The fourth-order valence-corrected chi connectivity index (χ4v) is 4.59. The van der Waals surface area contributed by atoms with Gasteiger partial charge in [0.05, 0.1) is 11.5 Å². The Bertz CT molecular complexity index is 633. The molecule has 1 aliphatic carbocycles. The summed E-state index contributed by atoms with van der Waals surface area (Å²) in [4.78, 5) is 26.8. The molecule has 1 aliphatic heterocycles. The number of alkyl halides is 1. The van der Waals surface area contributed by atoms with Gasteiger partial charge < -0.3 is 10.6 Å². The number of amides is 2. The van der Waals surface area contributed by atoms with Crippen molar-refractivity contribution in [1.82, 2.24) is 15.5 Å². The van der Waals surface area contributed by atoms with Crippen molar-refractivity contribution in [3.8, 4) is 0 Å². The van der Waals surface area contributed by atoms with Crippen molar-refractivity contribution in [2.45, 2.75) is 49.5 Å². The highest BCUT2D eigenvalue weighted by Gasteiger charge is 2.34. The predicted molar refractivity (Wildman–Crippen MR) is 106 cm³/mol. The van der Waals surface area contributed by atoms with Crippen LogP contribution in [0.15, 0.2) is 30.3 Å². The fourth-order valence-electron chi connectivity index (χ4n) is 3.72. The van der Waals surface area contributed by atoms with Crippen LogP contribution in [0.25, 0.3) is 0 Å². The minimum Gasteiger partial charge on any atom is -0.352 e. The van der Waals surface area contributed by atoms with Crippen LogP contribution in [0.1, 0.15) is 49.4 Å². The summed E-state index contributed by atoms with van der Waals surface area (Å²) in [6, 6.07) is 9.30. The molecule has 2 atom stereocenters. The Kier molecular flexibility index (Phi) is 6.35. The summed E-state index contributed by atoms with van der Waals surface area (Å²) in [6.45, 7) is 4.11. The second-order valence-corrected chi connectivity index (χ2v) is 8.89. The molecular weight excluding hydrogens is 394 g/mol. The summed E-state index contributed by atoms with van der Waals surface area (Å²) in [7, 11) is 0. The number of nitrogens with zero attached hydrogens (tertiary/aromatic N) is 1. The van der Waals surface area contributed by atoms with E-state index in [0.717, 1.165) is 32.2 Å². The maximum absolute atomic E-state index is 12.3. The molecule has 5 nitrogen and oxygen atoms in total. The van der Waals surface area contributed by atoms with E-state index in [1.807, 2.05) is 30.3 Å². The second-order valence-electron chi connectivity index (χ2n) is 7.83. The first-order valence-electron chi connectivity index (χ1n) is 9.48. The lowest BCUT2D eigenvalue weighted by molar-refractivity contribution is -0.125. The normalized spacial score (nSPS) is 25.2. The lowest BCUT2D eigenvalue weighted by Crippen LogP contribution is -2.55. The van der Waals surface area contributed by atoms with Gasteiger partial charge in [-0.3, -0.25) is 14.5 Å². The van der Waals surface area contributed by atoms with Gasteiger partial charge in [-0.25, -0.2) is 0 Å².